The van der Waals surface area contributed by atoms with Crippen molar-refractivity contribution in [2.24, 2.45) is 5.92 Å². The molecule has 29 heavy (non-hydrogen) atoms. The number of amides is 1. The Hall–Kier alpha value is -2.14. The van der Waals surface area contributed by atoms with Gasteiger partial charge in [-0.3, -0.25) is 9.69 Å². The van der Waals surface area contributed by atoms with Crippen molar-refractivity contribution in [3.8, 4) is 0 Å². The quantitative estimate of drug-likeness (QED) is 0.784. The number of carbonyl (C=O) groups is 1. The molecular weight excluding hydrogens is 360 g/mol. The molecule has 4 aliphatic heterocycles. The summed E-state index contributed by atoms with van der Waals surface area (Å²) in [5.74, 6) is 2.49. The monoisotopic (exact) mass is 392 g/mol. The molecule has 0 saturated carbocycles. The normalized spacial score (nSPS) is 30.6. The summed E-state index contributed by atoms with van der Waals surface area (Å²) in [5, 5.41) is 0. The number of piperidine rings is 3. The third kappa shape index (κ3) is 3.29. The van der Waals surface area contributed by atoms with E-state index in [9.17, 15) is 4.79 Å². The number of rotatable bonds is 5. The summed E-state index contributed by atoms with van der Waals surface area (Å²) < 4.78 is 2.14. The van der Waals surface area contributed by atoms with Crippen LogP contribution >= 0.6 is 0 Å². The maximum absolute atomic E-state index is 13.4. The van der Waals surface area contributed by atoms with Gasteiger partial charge in [-0.2, -0.15) is 0 Å². The Labute approximate surface area is 173 Å². The molecule has 0 spiro atoms. The highest BCUT2D eigenvalue weighted by Gasteiger charge is 2.54. The number of nitrogens with zero attached hydrogens (tertiary/aromatic N) is 4. The van der Waals surface area contributed by atoms with Crippen LogP contribution in [0.25, 0.3) is 0 Å². The van der Waals surface area contributed by atoms with Crippen LogP contribution in [0, 0.1) is 12.8 Å². The maximum atomic E-state index is 13.4. The first-order valence-corrected chi connectivity index (χ1v) is 11.3. The summed E-state index contributed by atoms with van der Waals surface area (Å²) in [4.78, 5) is 22.7. The van der Waals surface area contributed by atoms with E-state index in [-0.39, 0.29) is 0 Å². The Morgan fingerprint density at radius 3 is 2.62 bits per heavy atom. The van der Waals surface area contributed by atoms with Crippen LogP contribution in [0.5, 0.6) is 0 Å². The van der Waals surface area contributed by atoms with Gasteiger partial charge in [0.2, 0.25) is 5.91 Å². The van der Waals surface area contributed by atoms with Gasteiger partial charge in [0.15, 0.2) is 0 Å². The fourth-order valence-electron chi connectivity index (χ4n) is 6.03. The van der Waals surface area contributed by atoms with Gasteiger partial charge < -0.3 is 9.47 Å². The van der Waals surface area contributed by atoms with Gasteiger partial charge in [0, 0.05) is 50.3 Å². The molecule has 4 fully saturated rings. The van der Waals surface area contributed by atoms with Crippen LogP contribution in [0.3, 0.4) is 0 Å². The van der Waals surface area contributed by atoms with Crippen LogP contribution in [0.15, 0.2) is 36.7 Å². The summed E-state index contributed by atoms with van der Waals surface area (Å²) >= 11 is 0. The maximum Gasteiger partial charge on any atom is 0.224 e. The predicted molar refractivity (Wildman–Crippen MR) is 114 cm³/mol. The number of benzene rings is 1. The zero-order valence-corrected chi connectivity index (χ0v) is 17.6. The second-order valence-corrected chi connectivity index (χ2v) is 9.06. The zero-order valence-electron chi connectivity index (χ0n) is 17.6. The van der Waals surface area contributed by atoms with Crippen molar-refractivity contribution < 1.29 is 4.79 Å². The summed E-state index contributed by atoms with van der Waals surface area (Å²) in [6.45, 7) is 8.26. The SMILES string of the molecule is CCc1nccn1CCC(=O)N1C[C@@H](c2ccc(C)cc2)[C@@H]2[C@H]1C1CCN2CC1. The lowest BCUT2D eigenvalue weighted by Crippen LogP contribution is -2.60. The van der Waals surface area contributed by atoms with E-state index >= 15 is 0 Å². The van der Waals surface area contributed by atoms with Crippen molar-refractivity contribution in [1.29, 1.82) is 0 Å². The minimum Gasteiger partial charge on any atom is -0.337 e. The Morgan fingerprint density at radius 2 is 1.90 bits per heavy atom. The Morgan fingerprint density at radius 1 is 1.14 bits per heavy atom. The van der Waals surface area contributed by atoms with Crippen molar-refractivity contribution in [3.63, 3.8) is 0 Å². The van der Waals surface area contributed by atoms with Gasteiger partial charge in [0.1, 0.15) is 5.82 Å². The van der Waals surface area contributed by atoms with Crippen LogP contribution in [0.1, 0.15) is 49.1 Å². The summed E-state index contributed by atoms with van der Waals surface area (Å²) in [6, 6.07) is 9.90. The van der Waals surface area contributed by atoms with E-state index < -0.39 is 0 Å². The molecule has 2 bridgehead atoms. The third-order valence-electron chi connectivity index (χ3n) is 7.50. The van der Waals surface area contributed by atoms with Gasteiger partial charge in [-0.15, -0.1) is 0 Å². The van der Waals surface area contributed by atoms with E-state index in [0.717, 1.165) is 25.3 Å². The molecule has 4 aliphatic rings. The van der Waals surface area contributed by atoms with Crippen LogP contribution in [-0.4, -0.2) is 57.0 Å². The van der Waals surface area contributed by atoms with Gasteiger partial charge in [-0.1, -0.05) is 36.8 Å². The summed E-state index contributed by atoms with van der Waals surface area (Å²) in [5.41, 5.74) is 2.70. The summed E-state index contributed by atoms with van der Waals surface area (Å²) in [6.07, 6.45) is 7.81. The molecular formula is C24H32N4O. The molecule has 0 radical (unpaired) electrons. The first kappa shape index (κ1) is 18.9. The number of imidazole rings is 1. The molecule has 5 nitrogen and oxygen atoms in total. The van der Waals surface area contributed by atoms with Crippen LogP contribution in [0.2, 0.25) is 0 Å². The molecule has 1 aromatic heterocycles. The van der Waals surface area contributed by atoms with Gasteiger partial charge >= 0.3 is 0 Å². The third-order valence-corrected chi connectivity index (χ3v) is 7.50. The van der Waals surface area contributed by atoms with E-state index in [0.29, 0.717) is 36.2 Å². The van der Waals surface area contributed by atoms with Crippen molar-refractivity contribution in [1.82, 2.24) is 19.4 Å². The lowest BCUT2D eigenvalue weighted by atomic mass is 9.75. The molecule has 4 saturated heterocycles. The standard InChI is InChI=1S/C24H32N4O/c1-3-21-25-11-15-26(21)14-10-22(29)28-16-20(18-6-4-17(2)5-7-18)24-23(28)19-8-12-27(24)13-9-19/h4-7,11,15,19-20,23-24H,3,8-10,12-14,16H2,1-2H3/t20-,23+,24+/m0/s1. The molecule has 0 N–H and O–H groups in total. The molecule has 2 aromatic rings. The smallest absolute Gasteiger partial charge is 0.224 e. The number of hydrogen-bond acceptors (Lipinski definition) is 3. The van der Waals surface area contributed by atoms with E-state index in [1.807, 2.05) is 12.4 Å². The van der Waals surface area contributed by atoms with Crippen LogP contribution in [0.4, 0.5) is 0 Å². The Balaban J connectivity index is 1.37. The minimum atomic E-state index is 0.319. The Bertz CT molecular complexity index is 865. The highest BCUT2D eigenvalue weighted by Crippen LogP contribution is 2.46. The van der Waals surface area contributed by atoms with Crippen LogP contribution < -0.4 is 0 Å². The molecule has 1 aromatic carbocycles. The zero-order chi connectivity index (χ0) is 20.0. The molecule has 1 amide bonds. The predicted octanol–water partition coefficient (Wildman–Crippen LogP) is 3.23. The van der Waals surface area contributed by atoms with Crippen molar-refractivity contribution in [2.75, 3.05) is 19.6 Å². The lowest BCUT2D eigenvalue weighted by molar-refractivity contribution is -0.136. The van der Waals surface area contributed by atoms with Gasteiger partial charge in [0.05, 0.1) is 6.04 Å². The number of aryl methyl sites for hydroxylation is 3. The summed E-state index contributed by atoms with van der Waals surface area (Å²) in [7, 11) is 0. The van der Waals surface area contributed by atoms with Crippen molar-refractivity contribution >= 4 is 5.91 Å². The molecule has 154 valence electrons. The molecule has 6 rings (SSSR count). The number of fused-ring (bicyclic) bond motifs is 2. The number of aromatic nitrogens is 2. The topological polar surface area (TPSA) is 41.4 Å². The van der Waals surface area contributed by atoms with E-state index in [4.69, 9.17) is 0 Å². The highest BCUT2D eigenvalue weighted by atomic mass is 16.2. The molecule has 5 heteroatoms. The average Bonchev–Trinajstić information content (AvgIpc) is 3.39. The fourth-order valence-corrected chi connectivity index (χ4v) is 6.03. The van der Waals surface area contributed by atoms with Crippen molar-refractivity contribution in [2.45, 2.75) is 64.1 Å². The van der Waals surface area contributed by atoms with E-state index in [1.54, 1.807) is 0 Å². The second kappa shape index (κ2) is 7.60. The molecule has 3 atom stereocenters. The van der Waals surface area contributed by atoms with Crippen molar-refractivity contribution in [3.05, 3.63) is 53.6 Å². The molecule has 0 unspecified atom stereocenters. The first-order valence-electron chi connectivity index (χ1n) is 11.3. The Kier molecular flexibility index (Phi) is 4.94. The van der Waals surface area contributed by atoms with E-state index in [1.165, 1.54) is 37.1 Å². The minimum absolute atomic E-state index is 0.319. The second-order valence-electron chi connectivity index (χ2n) is 9.06. The van der Waals surface area contributed by atoms with Crippen LogP contribution in [-0.2, 0) is 17.8 Å². The fraction of sp³-hybridized carbons (Fsp3) is 0.583. The lowest BCUT2D eigenvalue weighted by Gasteiger charge is -2.51. The largest absolute Gasteiger partial charge is 0.337 e. The molecule has 5 heterocycles. The highest BCUT2D eigenvalue weighted by molar-refractivity contribution is 5.77. The van der Waals surface area contributed by atoms with Gasteiger partial charge in [-0.05, 0) is 44.3 Å². The van der Waals surface area contributed by atoms with Gasteiger partial charge in [-0.25, -0.2) is 4.98 Å². The molecule has 0 aliphatic carbocycles. The number of hydrogen-bond donors (Lipinski definition) is 0. The first-order chi connectivity index (χ1) is 14.2. The number of carbonyl (C=O) groups excluding carboxylic acids is 1. The van der Waals surface area contributed by atoms with E-state index in [2.05, 4.69) is 57.5 Å². The number of likely N-dealkylation sites (tertiary alicyclic amines) is 1. The van der Waals surface area contributed by atoms with Gasteiger partial charge in [0.25, 0.3) is 0 Å². The average molecular weight is 393 g/mol.